The Balaban J connectivity index is 2.44. The normalized spacial score (nSPS) is 18.4. The summed E-state index contributed by atoms with van der Waals surface area (Å²) < 4.78 is 44.7. The number of ether oxygens (including phenoxy) is 2. The first kappa shape index (κ1) is 16.2. The van der Waals surface area contributed by atoms with Crippen molar-refractivity contribution in [2.45, 2.75) is 11.7 Å². The average molecular weight is 331 g/mol. The van der Waals surface area contributed by atoms with Crippen molar-refractivity contribution in [2.24, 2.45) is 0 Å². The Bertz CT molecular complexity index is 717. The number of hydrogen-bond acceptors (Lipinski definition) is 6. The molecule has 1 atom stereocenters. The van der Waals surface area contributed by atoms with Crippen molar-refractivity contribution in [2.75, 3.05) is 25.7 Å². The number of methoxy groups -OCH3 is 2. The second-order valence-corrected chi connectivity index (χ2v) is 6.30. The lowest BCUT2D eigenvalue weighted by Crippen LogP contribution is -2.28. The molecule has 1 unspecified atom stereocenters. The summed E-state index contributed by atoms with van der Waals surface area (Å²) in [5, 5.41) is -1.44. The molecule has 1 fully saturated rings. The zero-order valence-electron chi connectivity index (χ0n) is 11.9. The quantitative estimate of drug-likeness (QED) is 0.601. The van der Waals surface area contributed by atoms with E-state index in [9.17, 15) is 21.9 Å². The largest absolute Gasteiger partial charge is 0.497 e. The van der Waals surface area contributed by atoms with Crippen molar-refractivity contribution in [3.8, 4) is 5.75 Å². The molecule has 0 N–H and O–H groups in total. The minimum Gasteiger partial charge on any atom is -0.497 e. The highest BCUT2D eigenvalue weighted by Gasteiger charge is 2.40. The Morgan fingerprint density at radius 2 is 2.05 bits per heavy atom. The Hall–Kier alpha value is -2.16. The van der Waals surface area contributed by atoms with Gasteiger partial charge in [-0.3, -0.25) is 4.79 Å². The topological polar surface area (TPSA) is 90.0 Å². The molecule has 1 amide bonds. The number of esters is 1. The molecule has 1 heterocycles. The van der Waals surface area contributed by atoms with Crippen LogP contribution in [0.15, 0.2) is 18.2 Å². The van der Waals surface area contributed by atoms with Gasteiger partial charge in [-0.1, -0.05) is 0 Å². The van der Waals surface area contributed by atoms with E-state index in [-0.39, 0.29) is 17.8 Å². The minimum atomic E-state index is -4.83. The second-order valence-electron chi connectivity index (χ2n) is 4.68. The van der Waals surface area contributed by atoms with Crippen LogP contribution in [0.25, 0.3) is 0 Å². The summed E-state index contributed by atoms with van der Waals surface area (Å²) in [5.74, 6) is -0.930. The van der Waals surface area contributed by atoms with Crippen LogP contribution in [0.2, 0.25) is 0 Å². The highest BCUT2D eigenvalue weighted by molar-refractivity contribution is 7.87. The van der Waals surface area contributed by atoms with Crippen molar-refractivity contribution >= 4 is 27.8 Å². The molecule has 9 heteroatoms. The molecule has 1 aliphatic rings. The molecule has 1 aliphatic heterocycles. The Labute approximate surface area is 126 Å². The molecule has 22 heavy (non-hydrogen) atoms. The van der Waals surface area contributed by atoms with Crippen LogP contribution in [0.3, 0.4) is 0 Å². The van der Waals surface area contributed by atoms with Gasteiger partial charge in [0.25, 0.3) is 0 Å². The number of nitrogens with zero attached hydrogens (tertiary/aromatic N) is 1. The van der Waals surface area contributed by atoms with Crippen LogP contribution in [-0.2, 0) is 19.8 Å². The molecular weight excluding hydrogens is 317 g/mol. The first-order chi connectivity index (χ1) is 10.3. The van der Waals surface area contributed by atoms with Crippen LogP contribution in [0, 0.1) is 0 Å². The molecule has 1 saturated heterocycles. The smallest absolute Gasteiger partial charge is 0.340 e. The highest BCUT2D eigenvalue weighted by Crippen LogP contribution is 2.31. The van der Waals surface area contributed by atoms with Gasteiger partial charge in [-0.25, -0.2) is 4.79 Å². The van der Waals surface area contributed by atoms with E-state index < -0.39 is 33.8 Å². The first-order valence-corrected chi connectivity index (χ1v) is 7.72. The van der Waals surface area contributed by atoms with E-state index in [1.807, 2.05) is 0 Å². The standard InChI is InChI=1S/C13H14FNO6S/c1-20-8-3-4-11(10(5-8)13(17)21-2)15-7-9(6-12(15)16)22(14,18)19/h3-5,9H,6-7H2,1-2H3. The fraction of sp³-hybridized carbons (Fsp3) is 0.385. The van der Waals surface area contributed by atoms with E-state index in [4.69, 9.17) is 4.74 Å². The number of hydrogen-bond donors (Lipinski definition) is 0. The van der Waals surface area contributed by atoms with Gasteiger partial charge in [-0.05, 0) is 18.2 Å². The van der Waals surface area contributed by atoms with Gasteiger partial charge in [-0.15, -0.1) is 3.89 Å². The average Bonchev–Trinajstić information content (AvgIpc) is 2.87. The van der Waals surface area contributed by atoms with Crippen molar-refractivity contribution in [1.82, 2.24) is 0 Å². The van der Waals surface area contributed by atoms with Crippen molar-refractivity contribution in [3.63, 3.8) is 0 Å². The molecule has 2 rings (SSSR count). The molecule has 0 aromatic heterocycles. The SMILES string of the molecule is COC(=O)c1cc(OC)ccc1N1CC(S(=O)(=O)F)CC1=O. The van der Waals surface area contributed by atoms with E-state index in [2.05, 4.69) is 4.74 Å². The fourth-order valence-electron chi connectivity index (χ4n) is 2.25. The van der Waals surface area contributed by atoms with Gasteiger partial charge >= 0.3 is 16.2 Å². The van der Waals surface area contributed by atoms with Crippen molar-refractivity contribution in [1.29, 1.82) is 0 Å². The van der Waals surface area contributed by atoms with Gasteiger partial charge in [0.05, 0.1) is 25.5 Å². The number of benzene rings is 1. The molecule has 0 saturated carbocycles. The van der Waals surface area contributed by atoms with E-state index in [0.29, 0.717) is 5.75 Å². The molecule has 1 aromatic carbocycles. The third-order valence-electron chi connectivity index (χ3n) is 3.39. The van der Waals surface area contributed by atoms with Gasteiger partial charge in [0.1, 0.15) is 11.0 Å². The zero-order valence-corrected chi connectivity index (χ0v) is 12.7. The van der Waals surface area contributed by atoms with Crippen LogP contribution in [0.4, 0.5) is 9.57 Å². The maximum Gasteiger partial charge on any atom is 0.340 e. The maximum atomic E-state index is 13.1. The summed E-state index contributed by atoms with van der Waals surface area (Å²) in [6.45, 7) is -0.353. The molecular formula is C13H14FNO6S. The molecule has 0 radical (unpaired) electrons. The van der Waals surface area contributed by atoms with Crippen LogP contribution in [0.1, 0.15) is 16.8 Å². The third-order valence-corrected chi connectivity index (χ3v) is 4.50. The third kappa shape index (κ3) is 3.03. The van der Waals surface area contributed by atoms with Crippen molar-refractivity contribution < 1.29 is 31.4 Å². The van der Waals surface area contributed by atoms with Crippen LogP contribution in [0.5, 0.6) is 5.75 Å². The summed E-state index contributed by atoms with van der Waals surface area (Å²) in [6.07, 6.45) is -0.467. The molecule has 0 aliphatic carbocycles. The number of rotatable bonds is 4. The lowest BCUT2D eigenvalue weighted by Gasteiger charge is -2.19. The monoisotopic (exact) mass is 331 g/mol. The number of halogens is 1. The predicted molar refractivity (Wildman–Crippen MR) is 75.1 cm³/mol. The number of anilines is 1. The minimum absolute atomic E-state index is 0.0344. The maximum absolute atomic E-state index is 13.1. The van der Waals surface area contributed by atoms with Gasteiger partial charge in [0.15, 0.2) is 0 Å². The second kappa shape index (κ2) is 5.91. The van der Waals surface area contributed by atoms with E-state index >= 15 is 0 Å². The Morgan fingerprint density at radius 3 is 2.55 bits per heavy atom. The van der Waals surface area contributed by atoms with Crippen molar-refractivity contribution in [3.05, 3.63) is 23.8 Å². The van der Waals surface area contributed by atoms with Gasteiger partial charge in [0.2, 0.25) is 5.91 Å². The van der Waals surface area contributed by atoms with Gasteiger partial charge in [-0.2, -0.15) is 8.42 Å². The zero-order chi connectivity index (χ0) is 16.5. The van der Waals surface area contributed by atoms with Crippen LogP contribution in [-0.4, -0.2) is 46.3 Å². The lowest BCUT2D eigenvalue weighted by atomic mass is 10.1. The lowest BCUT2D eigenvalue weighted by molar-refractivity contribution is -0.117. The number of carbonyl (C=O) groups excluding carboxylic acids is 2. The summed E-state index contributed by atoms with van der Waals surface area (Å²) in [7, 11) is -2.25. The molecule has 0 spiro atoms. The molecule has 0 bridgehead atoms. The van der Waals surface area contributed by atoms with E-state index in [1.165, 1.54) is 32.4 Å². The Kier molecular flexibility index (Phi) is 4.36. The van der Waals surface area contributed by atoms with Gasteiger partial charge < -0.3 is 14.4 Å². The number of carbonyl (C=O) groups is 2. The first-order valence-electron chi connectivity index (χ1n) is 6.28. The molecule has 120 valence electrons. The van der Waals surface area contributed by atoms with Crippen LogP contribution < -0.4 is 9.64 Å². The van der Waals surface area contributed by atoms with E-state index in [1.54, 1.807) is 0 Å². The summed E-state index contributed by atoms with van der Waals surface area (Å²) >= 11 is 0. The van der Waals surface area contributed by atoms with Gasteiger partial charge in [0, 0.05) is 13.0 Å². The van der Waals surface area contributed by atoms with E-state index in [0.717, 1.165) is 4.90 Å². The summed E-state index contributed by atoms with van der Waals surface area (Å²) in [6, 6.07) is 4.30. The predicted octanol–water partition coefficient (Wildman–Crippen LogP) is 0.886. The summed E-state index contributed by atoms with van der Waals surface area (Å²) in [4.78, 5) is 24.9. The number of amides is 1. The molecule has 7 nitrogen and oxygen atoms in total. The Morgan fingerprint density at radius 1 is 1.36 bits per heavy atom. The fourth-order valence-corrected chi connectivity index (χ4v) is 2.92. The van der Waals surface area contributed by atoms with Crippen LogP contribution >= 0.6 is 0 Å². The highest BCUT2D eigenvalue weighted by atomic mass is 32.3. The molecule has 1 aromatic rings. The summed E-state index contributed by atoms with van der Waals surface area (Å²) in [5.41, 5.74) is 0.191.